The standard InChI is InChI=1S/C23H20F3NO3Si/c1-31(21-8-3-2-4-9-21,30-17-19-7-5-6-10-22(19)27(28)29)16-15-18-11-13-20(14-12-18)23(24,25)26/h2-16H,17H2,1H3. The van der Waals surface area contributed by atoms with Crippen molar-refractivity contribution < 1.29 is 22.5 Å². The van der Waals surface area contributed by atoms with Crippen molar-refractivity contribution in [1.29, 1.82) is 0 Å². The van der Waals surface area contributed by atoms with Gasteiger partial charge in [-0.1, -0.05) is 66.4 Å². The second-order valence-corrected chi connectivity index (χ2v) is 10.5. The van der Waals surface area contributed by atoms with Gasteiger partial charge in [0.2, 0.25) is 8.32 Å². The van der Waals surface area contributed by atoms with Crippen LogP contribution in [0.4, 0.5) is 18.9 Å². The number of hydrogen-bond donors (Lipinski definition) is 0. The van der Waals surface area contributed by atoms with Crippen LogP contribution in [0, 0.1) is 10.1 Å². The van der Waals surface area contributed by atoms with Gasteiger partial charge in [0, 0.05) is 6.07 Å². The van der Waals surface area contributed by atoms with Crippen molar-refractivity contribution in [3.05, 3.63) is 111 Å². The van der Waals surface area contributed by atoms with Crippen LogP contribution in [-0.4, -0.2) is 13.2 Å². The smallest absolute Gasteiger partial charge is 0.404 e. The molecule has 0 radical (unpaired) electrons. The second-order valence-electron chi connectivity index (χ2n) is 7.10. The molecular weight excluding hydrogens is 423 g/mol. The Morgan fingerprint density at radius 2 is 1.58 bits per heavy atom. The SMILES string of the molecule is C[Si](C=Cc1ccc(C(F)(F)F)cc1)(OCc1ccccc1[N+](=O)[O-])c1ccccc1. The van der Waals surface area contributed by atoms with E-state index in [4.69, 9.17) is 4.43 Å². The molecule has 3 aromatic carbocycles. The maximum atomic E-state index is 12.8. The predicted molar refractivity (Wildman–Crippen MR) is 116 cm³/mol. The van der Waals surface area contributed by atoms with Crippen molar-refractivity contribution in [3.8, 4) is 0 Å². The van der Waals surface area contributed by atoms with Crippen LogP contribution in [0.5, 0.6) is 0 Å². The summed E-state index contributed by atoms with van der Waals surface area (Å²) in [6.45, 7) is 1.99. The van der Waals surface area contributed by atoms with Gasteiger partial charge in [-0.2, -0.15) is 13.2 Å². The lowest BCUT2D eigenvalue weighted by atomic mass is 10.1. The third-order valence-corrected chi connectivity index (χ3v) is 7.92. The zero-order valence-corrected chi connectivity index (χ0v) is 17.7. The van der Waals surface area contributed by atoms with Crippen LogP contribution >= 0.6 is 0 Å². The van der Waals surface area contributed by atoms with Crippen LogP contribution in [0.1, 0.15) is 16.7 Å². The lowest BCUT2D eigenvalue weighted by Crippen LogP contribution is -2.46. The molecule has 31 heavy (non-hydrogen) atoms. The van der Waals surface area contributed by atoms with Gasteiger partial charge in [-0.15, -0.1) is 0 Å². The molecule has 0 heterocycles. The van der Waals surface area contributed by atoms with Gasteiger partial charge in [0.05, 0.1) is 22.7 Å². The Kier molecular flexibility index (Phi) is 6.72. The van der Waals surface area contributed by atoms with Gasteiger partial charge in [0.15, 0.2) is 0 Å². The largest absolute Gasteiger partial charge is 0.416 e. The van der Waals surface area contributed by atoms with Crippen LogP contribution in [0.3, 0.4) is 0 Å². The number of halogens is 3. The van der Waals surface area contributed by atoms with Crippen molar-refractivity contribution in [2.24, 2.45) is 0 Å². The fourth-order valence-corrected chi connectivity index (χ4v) is 5.35. The molecule has 0 aliphatic carbocycles. The summed E-state index contributed by atoms with van der Waals surface area (Å²) in [5.41, 5.74) is 2.22. The number of rotatable bonds is 7. The van der Waals surface area contributed by atoms with E-state index < -0.39 is 25.0 Å². The normalized spacial score (nSPS) is 13.8. The molecule has 0 saturated heterocycles. The Hall–Kier alpha value is -3.23. The van der Waals surface area contributed by atoms with Crippen LogP contribution in [0.25, 0.3) is 6.08 Å². The summed E-state index contributed by atoms with van der Waals surface area (Å²) in [4.78, 5) is 10.8. The minimum Gasteiger partial charge on any atom is -0.404 e. The first-order valence-electron chi connectivity index (χ1n) is 9.47. The van der Waals surface area contributed by atoms with Crippen molar-refractivity contribution >= 4 is 25.3 Å². The van der Waals surface area contributed by atoms with Gasteiger partial charge in [0.25, 0.3) is 5.69 Å². The molecule has 0 fully saturated rings. The van der Waals surface area contributed by atoms with E-state index in [9.17, 15) is 23.3 Å². The van der Waals surface area contributed by atoms with Crippen molar-refractivity contribution in [2.75, 3.05) is 0 Å². The Labute approximate surface area is 178 Å². The van der Waals surface area contributed by atoms with Crippen molar-refractivity contribution in [2.45, 2.75) is 19.3 Å². The Morgan fingerprint density at radius 3 is 2.19 bits per heavy atom. The van der Waals surface area contributed by atoms with E-state index in [1.54, 1.807) is 24.3 Å². The first kappa shape index (κ1) is 22.5. The zero-order chi connectivity index (χ0) is 22.5. The first-order valence-corrected chi connectivity index (χ1v) is 12.0. The van der Waals surface area contributed by atoms with Crippen LogP contribution in [-0.2, 0) is 17.2 Å². The Bertz CT molecular complexity index is 1070. The predicted octanol–water partition coefficient (Wildman–Crippen LogP) is 5.87. The summed E-state index contributed by atoms with van der Waals surface area (Å²) in [7, 11) is -2.72. The van der Waals surface area contributed by atoms with Gasteiger partial charge in [-0.05, 0) is 35.5 Å². The first-order chi connectivity index (χ1) is 14.7. The molecule has 8 heteroatoms. The van der Waals surface area contributed by atoms with E-state index in [1.807, 2.05) is 42.6 Å². The quantitative estimate of drug-likeness (QED) is 0.261. The molecule has 0 aromatic heterocycles. The molecule has 4 nitrogen and oxygen atoms in total. The number of para-hydroxylation sites is 1. The second kappa shape index (κ2) is 9.28. The average molecular weight is 443 g/mol. The van der Waals surface area contributed by atoms with Crippen LogP contribution in [0.15, 0.2) is 84.6 Å². The Morgan fingerprint density at radius 1 is 0.968 bits per heavy atom. The number of nitrogens with zero attached hydrogens (tertiary/aromatic N) is 1. The highest BCUT2D eigenvalue weighted by Gasteiger charge is 2.31. The average Bonchev–Trinajstić information content (AvgIpc) is 2.77. The van der Waals surface area contributed by atoms with Gasteiger partial charge in [-0.25, -0.2) is 0 Å². The third-order valence-electron chi connectivity index (χ3n) is 4.89. The maximum Gasteiger partial charge on any atom is 0.416 e. The summed E-state index contributed by atoms with van der Waals surface area (Å²) in [6, 6.07) is 20.7. The van der Waals surface area contributed by atoms with Gasteiger partial charge >= 0.3 is 6.18 Å². The van der Waals surface area contributed by atoms with Crippen molar-refractivity contribution in [1.82, 2.24) is 0 Å². The monoisotopic (exact) mass is 443 g/mol. The summed E-state index contributed by atoms with van der Waals surface area (Å²) in [6.07, 6.45) is -2.65. The van der Waals surface area contributed by atoms with Gasteiger partial charge in [0.1, 0.15) is 0 Å². The van der Waals surface area contributed by atoms with Crippen molar-refractivity contribution in [3.63, 3.8) is 0 Å². The summed E-state index contributed by atoms with van der Waals surface area (Å²) in [5, 5.41) is 12.2. The molecule has 0 amide bonds. The summed E-state index contributed by atoms with van der Waals surface area (Å²) >= 11 is 0. The minimum absolute atomic E-state index is 0.0152. The maximum absolute atomic E-state index is 12.8. The molecule has 160 valence electrons. The highest BCUT2D eigenvalue weighted by molar-refractivity contribution is 6.90. The van der Waals surface area contributed by atoms with E-state index in [0.29, 0.717) is 11.1 Å². The molecule has 0 aliphatic heterocycles. The molecule has 3 aromatic rings. The highest BCUT2D eigenvalue weighted by atomic mass is 28.4. The molecule has 1 atom stereocenters. The highest BCUT2D eigenvalue weighted by Crippen LogP contribution is 2.29. The van der Waals surface area contributed by atoms with E-state index >= 15 is 0 Å². The molecule has 3 rings (SSSR count). The molecule has 0 bridgehead atoms. The van der Waals surface area contributed by atoms with E-state index in [1.165, 1.54) is 18.2 Å². The summed E-state index contributed by atoms with van der Waals surface area (Å²) in [5.74, 6) is 0. The minimum atomic E-state index is -4.39. The number of benzene rings is 3. The fraction of sp³-hybridized carbons (Fsp3) is 0.130. The van der Waals surface area contributed by atoms with Crippen LogP contribution in [0.2, 0.25) is 6.55 Å². The fourth-order valence-electron chi connectivity index (χ4n) is 3.07. The van der Waals surface area contributed by atoms with Gasteiger partial charge < -0.3 is 4.43 Å². The molecule has 0 saturated carbocycles. The topological polar surface area (TPSA) is 52.4 Å². The molecule has 1 unspecified atom stereocenters. The zero-order valence-electron chi connectivity index (χ0n) is 16.7. The number of hydrogen-bond acceptors (Lipinski definition) is 3. The van der Waals surface area contributed by atoms with E-state index in [0.717, 1.165) is 17.3 Å². The summed E-state index contributed by atoms with van der Waals surface area (Å²) < 4.78 is 44.6. The number of nitro benzene ring substituents is 1. The third kappa shape index (κ3) is 5.68. The molecule has 0 N–H and O–H groups in total. The van der Waals surface area contributed by atoms with Gasteiger partial charge in [-0.3, -0.25) is 10.1 Å². The molecular formula is C23H20F3NO3Si. The number of nitro groups is 1. The van der Waals surface area contributed by atoms with E-state index in [2.05, 4.69) is 0 Å². The van der Waals surface area contributed by atoms with Crippen LogP contribution < -0.4 is 5.19 Å². The molecule has 0 spiro atoms. The molecule has 0 aliphatic rings. The number of alkyl halides is 3. The Balaban J connectivity index is 1.88. The van der Waals surface area contributed by atoms with E-state index in [-0.39, 0.29) is 12.3 Å². The lowest BCUT2D eigenvalue weighted by Gasteiger charge is -2.25. The lowest BCUT2D eigenvalue weighted by molar-refractivity contribution is -0.385.